The third-order valence-corrected chi connectivity index (χ3v) is 1.82. The third-order valence-electron chi connectivity index (χ3n) is 1.82. The van der Waals surface area contributed by atoms with E-state index in [9.17, 15) is 9.59 Å². The molecule has 0 bridgehead atoms. The van der Waals surface area contributed by atoms with Crippen molar-refractivity contribution in [3.63, 3.8) is 0 Å². The lowest BCUT2D eigenvalue weighted by Crippen LogP contribution is -2.41. The molecular formula is C10H17ClN2O4. The van der Waals surface area contributed by atoms with Crippen LogP contribution in [0.2, 0.25) is 0 Å². The number of halogens is 1. The van der Waals surface area contributed by atoms with E-state index >= 15 is 0 Å². The quantitative estimate of drug-likeness (QED) is 0.455. The molecule has 1 atom stereocenters. The van der Waals surface area contributed by atoms with Gasteiger partial charge >= 0.3 is 12.1 Å². The van der Waals surface area contributed by atoms with E-state index in [1.54, 1.807) is 0 Å². The Morgan fingerprint density at radius 1 is 1.47 bits per heavy atom. The van der Waals surface area contributed by atoms with Crippen LogP contribution in [0.25, 0.3) is 0 Å². The van der Waals surface area contributed by atoms with Crippen molar-refractivity contribution in [2.45, 2.75) is 25.3 Å². The zero-order chi connectivity index (χ0) is 12.4. The number of alkyl carbamates (subject to hydrolysis) is 1. The molecule has 0 unspecified atom stereocenters. The van der Waals surface area contributed by atoms with Gasteiger partial charge in [-0.2, -0.15) is 0 Å². The highest BCUT2D eigenvalue weighted by Crippen LogP contribution is 2.01. The van der Waals surface area contributed by atoms with Gasteiger partial charge in [0.05, 0.1) is 0 Å². The molecule has 0 aromatic rings. The Hall–Kier alpha value is -1.45. The molecule has 0 aliphatic heterocycles. The number of unbranched alkanes of at least 4 members (excludes halogenated alkanes) is 1. The summed E-state index contributed by atoms with van der Waals surface area (Å²) in [5, 5.41) is 11.0. The summed E-state index contributed by atoms with van der Waals surface area (Å²) < 4.78 is 4.50. The van der Waals surface area contributed by atoms with Crippen molar-refractivity contribution in [2.24, 2.45) is 5.73 Å². The molecule has 0 saturated carbocycles. The normalized spacial score (nSPS) is 10.6. The summed E-state index contributed by atoms with van der Waals surface area (Å²) in [6.45, 7) is 0.314. The van der Waals surface area contributed by atoms with Gasteiger partial charge in [0.1, 0.15) is 6.04 Å². The average molecular weight is 265 g/mol. The lowest BCUT2D eigenvalue weighted by Gasteiger charge is -2.13. The Balaban J connectivity index is 0. The maximum absolute atomic E-state index is 11.0. The van der Waals surface area contributed by atoms with Crippen LogP contribution in [-0.2, 0) is 9.53 Å². The van der Waals surface area contributed by atoms with Crippen LogP contribution in [0.15, 0.2) is 0 Å². The Morgan fingerprint density at radius 3 is 2.59 bits per heavy atom. The van der Waals surface area contributed by atoms with Crippen LogP contribution in [-0.4, -0.2) is 36.4 Å². The number of nitrogens with two attached hydrogens (primary N) is 1. The van der Waals surface area contributed by atoms with Gasteiger partial charge in [-0.25, -0.2) is 9.59 Å². The Labute approximate surface area is 106 Å². The van der Waals surface area contributed by atoms with E-state index in [-0.39, 0.29) is 19.0 Å². The lowest BCUT2D eigenvalue weighted by molar-refractivity contribution is -0.139. The molecule has 98 valence electrons. The Kier molecular flexibility index (Phi) is 11.7. The summed E-state index contributed by atoms with van der Waals surface area (Å²) in [4.78, 5) is 21.8. The van der Waals surface area contributed by atoms with Crippen LogP contribution < -0.4 is 11.1 Å². The maximum atomic E-state index is 11.0. The number of rotatable bonds is 7. The predicted molar refractivity (Wildman–Crippen MR) is 64.9 cm³/mol. The van der Waals surface area contributed by atoms with Gasteiger partial charge in [-0.3, -0.25) is 0 Å². The number of carbonyl (C=O) groups excluding carboxylic acids is 1. The fraction of sp³-hybridized carbons (Fsp3) is 0.600. The van der Waals surface area contributed by atoms with Crippen LogP contribution in [0.5, 0.6) is 0 Å². The number of ether oxygens (including phenoxy) is 1. The highest BCUT2D eigenvalue weighted by atomic mass is 35.5. The second-order valence-corrected chi connectivity index (χ2v) is 3.10. The topological polar surface area (TPSA) is 102 Å². The summed E-state index contributed by atoms with van der Waals surface area (Å²) in [6.07, 6.45) is 5.72. The fourth-order valence-corrected chi connectivity index (χ4v) is 1.04. The highest BCUT2D eigenvalue weighted by molar-refractivity contribution is 5.85. The van der Waals surface area contributed by atoms with E-state index in [0.717, 1.165) is 0 Å². The van der Waals surface area contributed by atoms with Gasteiger partial charge in [0.2, 0.25) is 0 Å². The molecule has 0 aromatic carbocycles. The number of hydrogen-bond acceptors (Lipinski definition) is 4. The van der Waals surface area contributed by atoms with Gasteiger partial charge in [-0.1, -0.05) is 5.92 Å². The summed E-state index contributed by atoms with van der Waals surface area (Å²) in [7, 11) is 0. The first-order valence-electron chi connectivity index (χ1n) is 4.91. The van der Waals surface area contributed by atoms with Crippen molar-refractivity contribution in [2.75, 3.05) is 13.2 Å². The van der Waals surface area contributed by atoms with Gasteiger partial charge in [-0.05, 0) is 25.8 Å². The molecule has 0 spiro atoms. The van der Waals surface area contributed by atoms with Crippen molar-refractivity contribution < 1.29 is 19.4 Å². The van der Waals surface area contributed by atoms with Gasteiger partial charge < -0.3 is 20.9 Å². The molecule has 0 radical (unpaired) electrons. The van der Waals surface area contributed by atoms with E-state index in [1.165, 1.54) is 0 Å². The number of carbonyl (C=O) groups is 2. The predicted octanol–water partition coefficient (Wildman–Crippen LogP) is 0.350. The van der Waals surface area contributed by atoms with E-state index < -0.39 is 18.1 Å². The van der Waals surface area contributed by atoms with Crippen molar-refractivity contribution >= 4 is 24.5 Å². The van der Waals surface area contributed by atoms with Crippen LogP contribution in [0.3, 0.4) is 0 Å². The fourth-order valence-electron chi connectivity index (χ4n) is 1.04. The van der Waals surface area contributed by atoms with Crippen LogP contribution in [0.4, 0.5) is 4.79 Å². The molecule has 0 aromatic heterocycles. The lowest BCUT2D eigenvalue weighted by atomic mass is 10.1. The molecule has 6 nitrogen and oxygen atoms in total. The number of amides is 1. The van der Waals surface area contributed by atoms with Crippen LogP contribution >= 0.6 is 12.4 Å². The molecule has 1 amide bonds. The molecular weight excluding hydrogens is 248 g/mol. The summed E-state index contributed by atoms with van der Waals surface area (Å²) in [5.41, 5.74) is 5.28. The molecule has 0 rings (SSSR count). The van der Waals surface area contributed by atoms with Crippen molar-refractivity contribution in [3.8, 4) is 12.3 Å². The van der Waals surface area contributed by atoms with Gasteiger partial charge in [0.25, 0.3) is 0 Å². The molecule has 0 aliphatic rings. The molecule has 0 fully saturated rings. The molecule has 17 heavy (non-hydrogen) atoms. The number of carboxylic acid groups (broad SMARTS) is 1. The third kappa shape index (κ3) is 9.48. The highest BCUT2D eigenvalue weighted by Gasteiger charge is 2.19. The minimum absolute atomic E-state index is 0. The molecule has 0 saturated heterocycles. The number of carboxylic acids is 1. The minimum Gasteiger partial charge on any atom is -0.480 e. The van der Waals surface area contributed by atoms with Gasteiger partial charge in [0, 0.05) is 0 Å². The Bertz CT molecular complexity index is 278. The Morgan fingerprint density at radius 2 is 2.12 bits per heavy atom. The zero-order valence-electron chi connectivity index (χ0n) is 9.35. The summed E-state index contributed by atoms with van der Waals surface area (Å²) in [5.74, 6) is 1.00. The molecule has 7 heteroatoms. The van der Waals surface area contributed by atoms with Gasteiger partial charge in [-0.15, -0.1) is 18.8 Å². The standard InChI is InChI=1S/C10H16N2O4.ClH/c1-2-7-16-10(15)12-8(9(13)14)5-3-4-6-11;/h1,8H,3-7,11H2,(H,12,15)(H,13,14);1H/t8-;/m0./s1. The molecule has 0 aliphatic carbocycles. The number of aliphatic carboxylic acids is 1. The first-order chi connectivity index (χ1) is 7.61. The summed E-state index contributed by atoms with van der Waals surface area (Å²) >= 11 is 0. The van der Waals surface area contributed by atoms with E-state index in [4.69, 9.17) is 17.3 Å². The smallest absolute Gasteiger partial charge is 0.408 e. The van der Waals surface area contributed by atoms with Crippen LogP contribution in [0.1, 0.15) is 19.3 Å². The zero-order valence-corrected chi connectivity index (χ0v) is 10.2. The molecule has 0 heterocycles. The minimum atomic E-state index is -1.10. The first kappa shape index (κ1) is 17.9. The average Bonchev–Trinajstić information content (AvgIpc) is 2.25. The first-order valence-corrected chi connectivity index (χ1v) is 4.91. The van der Waals surface area contributed by atoms with Gasteiger partial charge in [0.15, 0.2) is 6.61 Å². The number of nitrogens with one attached hydrogen (secondary N) is 1. The van der Waals surface area contributed by atoms with Crippen molar-refractivity contribution in [3.05, 3.63) is 0 Å². The maximum Gasteiger partial charge on any atom is 0.408 e. The number of terminal acetylenes is 1. The largest absolute Gasteiger partial charge is 0.480 e. The molecule has 4 N–H and O–H groups in total. The second kappa shape index (κ2) is 11.0. The SMILES string of the molecule is C#CCOC(=O)N[C@@H](CCCCN)C(=O)O.Cl. The monoisotopic (exact) mass is 264 g/mol. The summed E-state index contributed by atoms with van der Waals surface area (Å²) in [6, 6.07) is -0.961. The number of hydrogen-bond donors (Lipinski definition) is 3. The van der Waals surface area contributed by atoms with E-state index in [2.05, 4.69) is 16.0 Å². The van der Waals surface area contributed by atoms with E-state index in [0.29, 0.717) is 25.8 Å². The second-order valence-electron chi connectivity index (χ2n) is 3.10. The van der Waals surface area contributed by atoms with Crippen molar-refractivity contribution in [1.82, 2.24) is 5.32 Å². The van der Waals surface area contributed by atoms with E-state index in [1.807, 2.05) is 0 Å². The van der Waals surface area contributed by atoms with Crippen molar-refractivity contribution in [1.29, 1.82) is 0 Å². The van der Waals surface area contributed by atoms with Crippen LogP contribution in [0, 0.1) is 12.3 Å².